The van der Waals surface area contributed by atoms with Gasteiger partial charge in [0.25, 0.3) is 5.91 Å². The van der Waals surface area contributed by atoms with Crippen LogP contribution in [0.1, 0.15) is 10.6 Å². The molecule has 28 heavy (non-hydrogen) atoms. The zero-order chi connectivity index (χ0) is 19.7. The number of ether oxygens (including phenoxy) is 1. The number of carbonyl (C=O) groups is 1. The quantitative estimate of drug-likeness (QED) is 0.638. The lowest BCUT2D eigenvalue weighted by Gasteiger charge is -2.26. The number of para-hydroxylation sites is 1. The molecule has 2 aromatic carbocycles. The first kappa shape index (κ1) is 19.1. The van der Waals surface area contributed by atoms with Crippen molar-refractivity contribution < 1.29 is 22.4 Å². The maximum atomic E-state index is 12.6. The van der Waals surface area contributed by atoms with Crippen molar-refractivity contribution in [3.05, 3.63) is 58.8 Å². The Labute approximate surface area is 170 Å². The van der Waals surface area contributed by atoms with Crippen LogP contribution in [0.5, 0.6) is 0 Å². The minimum absolute atomic E-state index is 0.173. The van der Waals surface area contributed by atoms with Crippen molar-refractivity contribution >= 4 is 48.5 Å². The zero-order valence-corrected chi connectivity index (χ0v) is 17.1. The summed E-state index contributed by atoms with van der Waals surface area (Å²) in [7, 11) is -3.56. The lowest BCUT2D eigenvalue weighted by atomic mass is 10.2. The van der Waals surface area contributed by atoms with Crippen LogP contribution < -0.4 is 5.32 Å². The summed E-state index contributed by atoms with van der Waals surface area (Å²) in [5.41, 5.74) is 1.07. The fraction of sp³-hybridized carbons (Fsp3) is 0.211. The van der Waals surface area contributed by atoms with Crippen LogP contribution in [0.15, 0.2) is 62.3 Å². The van der Waals surface area contributed by atoms with E-state index in [2.05, 4.69) is 21.2 Å². The highest BCUT2D eigenvalue weighted by Crippen LogP contribution is 2.27. The Kier molecular flexibility index (Phi) is 5.24. The number of nitrogens with one attached hydrogen (secondary N) is 1. The minimum Gasteiger partial charge on any atom is -0.450 e. The third-order valence-electron chi connectivity index (χ3n) is 4.44. The van der Waals surface area contributed by atoms with E-state index in [0.717, 1.165) is 9.86 Å². The Morgan fingerprint density at radius 3 is 2.46 bits per heavy atom. The van der Waals surface area contributed by atoms with Crippen LogP contribution in [-0.2, 0) is 14.8 Å². The molecule has 1 aliphatic heterocycles. The second-order valence-electron chi connectivity index (χ2n) is 6.26. The van der Waals surface area contributed by atoms with Crippen LogP contribution >= 0.6 is 15.9 Å². The topological polar surface area (TPSA) is 88.9 Å². The summed E-state index contributed by atoms with van der Waals surface area (Å²) in [6, 6.07) is 13.3. The Bertz CT molecular complexity index is 1120. The highest BCUT2D eigenvalue weighted by Gasteiger charge is 2.26. The van der Waals surface area contributed by atoms with Crippen molar-refractivity contribution in [1.29, 1.82) is 0 Å². The third-order valence-corrected chi connectivity index (χ3v) is 6.98. The van der Waals surface area contributed by atoms with Crippen LogP contribution in [0.4, 0.5) is 5.69 Å². The SMILES string of the molecule is O=C(Nc1ccc(S(=O)(=O)N2CCOCC2)cc1)c1cc2cccc(Br)c2o1. The van der Waals surface area contributed by atoms with E-state index >= 15 is 0 Å². The number of nitrogens with zero attached hydrogens (tertiary/aromatic N) is 1. The average Bonchev–Trinajstić information content (AvgIpc) is 3.15. The first-order valence-corrected chi connectivity index (χ1v) is 10.9. The van der Waals surface area contributed by atoms with Crippen LogP contribution in [0.25, 0.3) is 11.0 Å². The predicted molar refractivity (Wildman–Crippen MR) is 108 cm³/mol. The molecule has 1 aromatic heterocycles. The molecule has 9 heteroatoms. The molecule has 0 saturated carbocycles. The Morgan fingerprint density at radius 2 is 1.79 bits per heavy atom. The standard InChI is InChI=1S/C19H17BrN2O5S/c20-16-3-1-2-13-12-17(27-18(13)16)19(23)21-14-4-6-15(7-5-14)28(24,25)22-8-10-26-11-9-22/h1-7,12H,8-11H2,(H,21,23). The summed E-state index contributed by atoms with van der Waals surface area (Å²) in [6.07, 6.45) is 0. The zero-order valence-electron chi connectivity index (χ0n) is 14.7. The van der Waals surface area contributed by atoms with Crippen LogP contribution in [-0.4, -0.2) is 44.9 Å². The largest absolute Gasteiger partial charge is 0.450 e. The molecule has 0 spiro atoms. The summed E-state index contributed by atoms with van der Waals surface area (Å²) >= 11 is 3.39. The highest BCUT2D eigenvalue weighted by molar-refractivity contribution is 9.10. The van der Waals surface area contributed by atoms with E-state index in [1.54, 1.807) is 18.2 Å². The molecule has 4 rings (SSSR count). The monoisotopic (exact) mass is 464 g/mol. The molecule has 1 amide bonds. The van der Waals surface area contributed by atoms with Gasteiger partial charge in [-0.05, 0) is 52.3 Å². The normalized spacial score (nSPS) is 15.6. The average molecular weight is 465 g/mol. The number of hydrogen-bond acceptors (Lipinski definition) is 5. The molecule has 0 atom stereocenters. The molecule has 146 valence electrons. The van der Waals surface area contributed by atoms with Crippen LogP contribution in [0.3, 0.4) is 0 Å². The van der Waals surface area contributed by atoms with E-state index in [9.17, 15) is 13.2 Å². The number of benzene rings is 2. The first-order chi connectivity index (χ1) is 13.4. The molecular formula is C19H17BrN2O5S. The number of rotatable bonds is 4. The molecule has 0 radical (unpaired) electrons. The Morgan fingerprint density at radius 1 is 1.07 bits per heavy atom. The lowest BCUT2D eigenvalue weighted by molar-refractivity contribution is 0.0730. The van der Waals surface area contributed by atoms with E-state index in [0.29, 0.717) is 37.6 Å². The molecular weight excluding hydrogens is 448 g/mol. The molecule has 0 bridgehead atoms. The van der Waals surface area contributed by atoms with E-state index in [4.69, 9.17) is 9.15 Å². The van der Waals surface area contributed by atoms with Gasteiger partial charge in [0.15, 0.2) is 5.76 Å². The third kappa shape index (κ3) is 3.70. The Balaban J connectivity index is 1.50. The van der Waals surface area contributed by atoms with Gasteiger partial charge in [-0.15, -0.1) is 0 Å². The lowest BCUT2D eigenvalue weighted by Crippen LogP contribution is -2.40. The van der Waals surface area contributed by atoms with Crippen molar-refractivity contribution in [3.8, 4) is 0 Å². The van der Waals surface area contributed by atoms with E-state index < -0.39 is 15.9 Å². The first-order valence-electron chi connectivity index (χ1n) is 8.62. The number of anilines is 1. The number of fused-ring (bicyclic) bond motifs is 1. The minimum atomic E-state index is -3.56. The van der Waals surface area contributed by atoms with Gasteiger partial charge >= 0.3 is 0 Å². The van der Waals surface area contributed by atoms with E-state index in [1.807, 2.05) is 18.2 Å². The van der Waals surface area contributed by atoms with Crippen LogP contribution in [0, 0.1) is 0 Å². The number of sulfonamides is 1. The van der Waals surface area contributed by atoms with Gasteiger partial charge in [0.2, 0.25) is 10.0 Å². The molecule has 1 saturated heterocycles. The van der Waals surface area contributed by atoms with Crippen molar-refractivity contribution in [3.63, 3.8) is 0 Å². The van der Waals surface area contributed by atoms with Crippen molar-refractivity contribution in [2.45, 2.75) is 4.90 Å². The summed E-state index contributed by atoms with van der Waals surface area (Å²) in [5, 5.41) is 3.53. The summed E-state index contributed by atoms with van der Waals surface area (Å²) in [5.74, 6) is -0.237. The van der Waals surface area contributed by atoms with Crippen molar-refractivity contribution in [1.82, 2.24) is 4.31 Å². The van der Waals surface area contributed by atoms with Crippen LogP contribution in [0.2, 0.25) is 0 Å². The molecule has 0 unspecified atom stereocenters. The van der Waals surface area contributed by atoms with E-state index in [1.165, 1.54) is 16.4 Å². The fourth-order valence-electron chi connectivity index (χ4n) is 2.98. The van der Waals surface area contributed by atoms with Gasteiger partial charge in [-0.25, -0.2) is 8.42 Å². The molecule has 1 fully saturated rings. The summed E-state index contributed by atoms with van der Waals surface area (Å²) < 4.78 is 38.3. The second kappa shape index (κ2) is 7.67. The van der Waals surface area contributed by atoms with Gasteiger partial charge in [0, 0.05) is 24.2 Å². The smallest absolute Gasteiger partial charge is 0.291 e. The molecule has 1 N–H and O–H groups in total. The molecule has 0 aliphatic carbocycles. The Hall–Kier alpha value is -2.20. The number of halogens is 1. The summed E-state index contributed by atoms with van der Waals surface area (Å²) in [6.45, 7) is 1.45. The fourth-order valence-corrected chi connectivity index (χ4v) is 4.85. The molecule has 3 aromatic rings. The van der Waals surface area contributed by atoms with Gasteiger partial charge in [-0.1, -0.05) is 12.1 Å². The van der Waals surface area contributed by atoms with Gasteiger partial charge in [-0.3, -0.25) is 4.79 Å². The van der Waals surface area contributed by atoms with Gasteiger partial charge < -0.3 is 14.5 Å². The second-order valence-corrected chi connectivity index (χ2v) is 9.06. The van der Waals surface area contributed by atoms with Gasteiger partial charge in [0.05, 0.1) is 22.6 Å². The number of amides is 1. The maximum absolute atomic E-state index is 12.6. The van der Waals surface area contributed by atoms with Crippen molar-refractivity contribution in [2.75, 3.05) is 31.6 Å². The molecule has 7 nitrogen and oxygen atoms in total. The molecule has 1 aliphatic rings. The van der Waals surface area contributed by atoms with E-state index in [-0.39, 0.29) is 10.7 Å². The van der Waals surface area contributed by atoms with Gasteiger partial charge in [0.1, 0.15) is 5.58 Å². The number of carbonyl (C=O) groups excluding carboxylic acids is 1. The highest BCUT2D eigenvalue weighted by atomic mass is 79.9. The predicted octanol–water partition coefficient (Wildman–Crippen LogP) is 3.47. The molecule has 2 heterocycles. The number of furan rings is 1. The van der Waals surface area contributed by atoms with Gasteiger partial charge in [-0.2, -0.15) is 4.31 Å². The summed E-state index contributed by atoms with van der Waals surface area (Å²) in [4.78, 5) is 12.6. The maximum Gasteiger partial charge on any atom is 0.291 e. The number of morpholine rings is 1. The van der Waals surface area contributed by atoms with Crippen molar-refractivity contribution in [2.24, 2.45) is 0 Å². The number of hydrogen-bond donors (Lipinski definition) is 1.